The second-order valence-corrected chi connectivity index (χ2v) is 18.6. The number of unbranched alkanes of at least 4 members (excludes halogenated alkanes) is 13. The van der Waals surface area contributed by atoms with Crippen LogP contribution in [0.3, 0.4) is 0 Å². The molecule has 0 aromatic carbocycles. The summed E-state index contributed by atoms with van der Waals surface area (Å²) in [5.74, 6) is -1.33. The Labute approximate surface area is 380 Å². The van der Waals surface area contributed by atoms with Gasteiger partial charge in [-0.1, -0.05) is 126 Å². The van der Waals surface area contributed by atoms with Crippen LogP contribution in [0, 0.1) is 0 Å². The summed E-state index contributed by atoms with van der Waals surface area (Å²) in [6.07, 6.45) is 22.1. The van der Waals surface area contributed by atoms with E-state index in [4.69, 9.17) is 28.3 Å². The zero-order valence-corrected chi connectivity index (χ0v) is 39.6. The van der Waals surface area contributed by atoms with E-state index in [-0.39, 0.29) is 12.8 Å². The Balaban J connectivity index is 2.68. The van der Waals surface area contributed by atoms with Gasteiger partial charge in [0.2, 0.25) is 0 Å². The molecule has 0 aromatic rings. The minimum atomic E-state index is -5.38. The number of carbonyl (C=O) groups excluding carboxylic acids is 2. The van der Waals surface area contributed by atoms with Gasteiger partial charge in [-0.3, -0.25) is 23.2 Å². The normalized spacial score (nSPS) is 22.8. The van der Waals surface area contributed by atoms with Crippen LogP contribution in [0.1, 0.15) is 149 Å². The molecular weight excluding hydrogens is 874 g/mol. The molecule has 64 heavy (non-hydrogen) atoms. The third kappa shape index (κ3) is 30.0. The molecule has 8 N–H and O–H groups in total. The summed E-state index contributed by atoms with van der Waals surface area (Å²) in [5, 5.41) is 51.3. The number of aliphatic hydroxyl groups excluding tert-OH is 5. The van der Waals surface area contributed by atoms with Gasteiger partial charge in [0.1, 0.15) is 43.2 Å². The topological polar surface area (TPSA) is 276 Å². The van der Waals surface area contributed by atoms with E-state index in [1.54, 1.807) is 6.08 Å². The summed E-state index contributed by atoms with van der Waals surface area (Å²) in [4.78, 5) is 54.2. The van der Waals surface area contributed by atoms with Crippen LogP contribution < -0.4 is 0 Å². The lowest BCUT2D eigenvalue weighted by Gasteiger charge is -2.43. The SMILES string of the molecule is CCCCC/C=C\C=C/[C@@H](O)C/C=C\C/C=C/CCCC(=O)OC[C@H](COP(=O)(O)O[C@H]1C(O)C(O)C(O)[C@@H](OP(=O)(O)O)C1O)OC(=O)CCCCCCC/C=C\CCCCCC. The molecule has 0 amide bonds. The van der Waals surface area contributed by atoms with Gasteiger partial charge in [-0.2, -0.15) is 0 Å². The third-order valence-electron chi connectivity index (χ3n) is 10.1. The van der Waals surface area contributed by atoms with Gasteiger partial charge in [-0.25, -0.2) is 9.13 Å². The first kappa shape index (κ1) is 59.7. The van der Waals surface area contributed by atoms with Crippen LogP contribution in [-0.4, -0.2) is 114 Å². The molecule has 5 unspecified atom stereocenters. The van der Waals surface area contributed by atoms with E-state index in [1.165, 1.54) is 38.5 Å². The number of carbonyl (C=O) groups is 2. The molecule has 1 aliphatic rings. The highest BCUT2D eigenvalue weighted by Gasteiger charge is 2.54. The van der Waals surface area contributed by atoms with Crippen LogP contribution in [0.4, 0.5) is 0 Å². The molecule has 1 saturated carbocycles. The molecule has 0 aliphatic heterocycles. The largest absolute Gasteiger partial charge is 0.472 e. The van der Waals surface area contributed by atoms with Gasteiger partial charge in [0.05, 0.1) is 12.7 Å². The van der Waals surface area contributed by atoms with E-state index >= 15 is 0 Å². The molecule has 1 aliphatic carbocycles. The Morgan fingerprint density at radius 2 is 1.11 bits per heavy atom. The van der Waals surface area contributed by atoms with E-state index in [1.807, 2.05) is 36.5 Å². The van der Waals surface area contributed by atoms with Gasteiger partial charge in [-0.15, -0.1) is 0 Å². The Morgan fingerprint density at radius 3 is 1.78 bits per heavy atom. The molecule has 0 bridgehead atoms. The van der Waals surface area contributed by atoms with Gasteiger partial charge in [0.15, 0.2) is 6.10 Å². The summed E-state index contributed by atoms with van der Waals surface area (Å²) < 4.78 is 49.2. The van der Waals surface area contributed by atoms with E-state index in [0.717, 1.165) is 51.4 Å². The zero-order valence-electron chi connectivity index (χ0n) is 37.8. The van der Waals surface area contributed by atoms with Crippen molar-refractivity contribution in [3.8, 4) is 0 Å². The second-order valence-electron chi connectivity index (χ2n) is 16.0. The van der Waals surface area contributed by atoms with Crippen molar-refractivity contribution in [3.05, 3.63) is 60.8 Å². The average Bonchev–Trinajstić information content (AvgIpc) is 3.24. The molecule has 17 nitrogen and oxygen atoms in total. The van der Waals surface area contributed by atoms with Crippen LogP contribution in [0.2, 0.25) is 0 Å². The van der Waals surface area contributed by atoms with E-state index < -0.39 is 89.6 Å². The van der Waals surface area contributed by atoms with Crippen LogP contribution >= 0.6 is 15.6 Å². The van der Waals surface area contributed by atoms with Crippen LogP contribution in [0.25, 0.3) is 0 Å². The van der Waals surface area contributed by atoms with E-state index in [0.29, 0.717) is 32.1 Å². The van der Waals surface area contributed by atoms with Crippen LogP contribution in [-0.2, 0) is 41.8 Å². The van der Waals surface area contributed by atoms with Crippen molar-refractivity contribution in [3.63, 3.8) is 0 Å². The maximum absolute atomic E-state index is 13.0. The Kier molecular flexibility index (Phi) is 33.4. The molecule has 19 heteroatoms. The Bertz CT molecular complexity index is 1490. The Morgan fingerprint density at radius 1 is 0.578 bits per heavy atom. The quantitative estimate of drug-likeness (QED) is 0.0100. The molecule has 370 valence electrons. The van der Waals surface area contributed by atoms with Gasteiger partial charge in [0, 0.05) is 12.8 Å². The first-order valence-corrected chi connectivity index (χ1v) is 26.0. The van der Waals surface area contributed by atoms with Gasteiger partial charge in [-0.05, 0) is 70.6 Å². The van der Waals surface area contributed by atoms with Crippen molar-refractivity contribution in [2.45, 2.75) is 198 Å². The number of aliphatic hydroxyl groups is 5. The third-order valence-corrected chi connectivity index (χ3v) is 11.6. The summed E-state index contributed by atoms with van der Waals surface area (Å²) in [6.45, 7) is 2.92. The standard InChI is InChI=1S/C45H78O17P2/c1-3-5-7-9-11-12-13-14-15-16-20-25-29-33-39(48)60-37(35-59-64(56,57)62-45-42(51)40(49)41(50)44(43(45)52)61-63(53,54)55)34-58-38(47)32-28-24-21-17-19-23-27-31-36(46)30-26-22-18-10-8-6-4-2/h12-13,17-18,21-23,26-27,30,36-37,40-46,49-52H,3-11,14-16,19-20,24-25,28-29,31-35H2,1-2H3,(H,56,57)(H2,53,54,55)/b13-12-,21-17+,22-18-,27-23-,30-26-/t36-,37-,40?,41?,42?,43?,44-,45+/m1/s1. The van der Waals surface area contributed by atoms with Gasteiger partial charge >= 0.3 is 27.6 Å². The fourth-order valence-electron chi connectivity index (χ4n) is 6.50. The molecule has 0 saturated heterocycles. The zero-order chi connectivity index (χ0) is 47.6. The summed E-state index contributed by atoms with van der Waals surface area (Å²) in [7, 11) is -10.7. The summed E-state index contributed by atoms with van der Waals surface area (Å²) >= 11 is 0. The number of ether oxygens (including phenoxy) is 2. The molecule has 1 rings (SSSR count). The van der Waals surface area contributed by atoms with Crippen LogP contribution in [0.5, 0.6) is 0 Å². The molecule has 0 radical (unpaired) electrons. The van der Waals surface area contributed by atoms with Gasteiger partial charge in [0.25, 0.3) is 0 Å². The molecule has 1 fully saturated rings. The van der Waals surface area contributed by atoms with Crippen molar-refractivity contribution in [2.75, 3.05) is 13.2 Å². The second kappa shape index (κ2) is 35.8. The van der Waals surface area contributed by atoms with E-state index in [9.17, 15) is 49.1 Å². The van der Waals surface area contributed by atoms with Crippen molar-refractivity contribution in [1.82, 2.24) is 0 Å². The van der Waals surface area contributed by atoms with Crippen molar-refractivity contribution >= 4 is 27.6 Å². The maximum Gasteiger partial charge on any atom is 0.472 e. The van der Waals surface area contributed by atoms with Gasteiger partial charge < -0.3 is 49.7 Å². The maximum atomic E-state index is 13.0. The molecule has 9 atom stereocenters. The number of allylic oxidation sites excluding steroid dienone is 8. The minimum absolute atomic E-state index is 0.00698. The highest BCUT2D eigenvalue weighted by Crippen LogP contribution is 2.49. The number of phosphoric acid groups is 2. The number of hydrogen-bond donors (Lipinski definition) is 8. The number of phosphoric ester groups is 2. The van der Waals surface area contributed by atoms with Crippen molar-refractivity contribution in [1.29, 1.82) is 0 Å². The first-order valence-electron chi connectivity index (χ1n) is 22.9. The minimum Gasteiger partial charge on any atom is -0.462 e. The number of rotatable bonds is 37. The fourth-order valence-corrected chi connectivity index (χ4v) is 8.04. The smallest absolute Gasteiger partial charge is 0.462 e. The van der Waals surface area contributed by atoms with Crippen LogP contribution in [0.15, 0.2) is 60.8 Å². The molecule has 0 aromatic heterocycles. The average molecular weight is 953 g/mol. The highest BCUT2D eigenvalue weighted by atomic mass is 31.2. The lowest BCUT2D eigenvalue weighted by Crippen LogP contribution is -2.64. The summed E-state index contributed by atoms with van der Waals surface area (Å²) in [6, 6.07) is 0. The predicted octanol–water partition coefficient (Wildman–Crippen LogP) is 7.25. The molecular formula is C45H78O17P2. The van der Waals surface area contributed by atoms with E-state index in [2.05, 4.69) is 36.6 Å². The number of esters is 2. The molecule has 0 heterocycles. The Hall–Kier alpha value is -2.34. The van der Waals surface area contributed by atoms with Crippen molar-refractivity contribution < 1.29 is 82.0 Å². The number of hydrogen-bond acceptors (Lipinski definition) is 14. The predicted molar refractivity (Wildman–Crippen MR) is 242 cm³/mol. The lowest BCUT2D eigenvalue weighted by molar-refractivity contribution is -0.216. The monoisotopic (exact) mass is 952 g/mol. The highest BCUT2D eigenvalue weighted by molar-refractivity contribution is 7.47. The fraction of sp³-hybridized carbons (Fsp3) is 0.733. The molecule has 0 spiro atoms. The summed E-state index contributed by atoms with van der Waals surface area (Å²) in [5.41, 5.74) is 0. The van der Waals surface area contributed by atoms with Crippen molar-refractivity contribution in [2.24, 2.45) is 0 Å². The first-order chi connectivity index (χ1) is 30.5. The lowest BCUT2D eigenvalue weighted by atomic mass is 9.85.